The molecule has 0 saturated carbocycles. The number of hydrogen-bond acceptors (Lipinski definition) is 15. The van der Waals surface area contributed by atoms with Crippen LogP contribution in [0.25, 0.3) is 0 Å². The van der Waals surface area contributed by atoms with Gasteiger partial charge >= 0.3 is 29.8 Å². The van der Waals surface area contributed by atoms with Crippen LogP contribution in [-0.2, 0) is 61.9 Å². The van der Waals surface area contributed by atoms with E-state index in [0.29, 0.717) is 0 Å². The highest BCUT2D eigenvalue weighted by Crippen LogP contribution is 2.40. The average Bonchev–Trinajstić information content (AvgIpc) is 2.83. The van der Waals surface area contributed by atoms with E-state index in [9.17, 15) is 29.1 Å². The summed E-state index contributed by atoms with van der Waals surface area (Å²) in [5, 5.41) is 9.92. The number of esters is 5. The molecule has 40 heavy (non-hydrogen) atoms. The summed E-state index contributed by atoms with van der Waals surface area (Å²) < 4.78 is 51.9. The highest BCUT2D eigenvalue weighted by Gasteiger charge is 2.54. The first-order valence-corrected chi connectivity index (χ1v) is 13.1. The highest BCUT2D eigenvalue weighted by atomic mass is 32.2. The number of thioether (sulfide) groups is 1. The van der Waals surface area contributed by atoms with Gasteiger partial charge in [0.1, 0.15) is 43.5 Å². The van der Waals surface area contributed by atoms with Crippen molar-refractivity contribution in [1.82, 2.24) is 0 Å². The monoisotopic (exact) mass is 591 g/mol. The summed E-state index contributed by atoms with van der Waals surface area (Å²) >= 11 is 0.905. The van der Waals surface area contributed by atoms with Gasteiger partial charge in [-0.05, 0) is 6.42 Å². The SMILES string of the molecule is [2H][C@@]1(O)C[C@H](S[C@@H]2O[C@H](COC(C)=O)[C@H](OC(C)=O)[C@H](OC(C)=O)[C@H]2OC(C)=O)[C@@H](COC(C)=O)O[C@@H]1OCC#C. The quantitative estimate of drug-likeness (QED) is 0.190. The van der Waals surface area contributed by atoms with Crippen molar-refractivity contribution >= 4 is 41.6 Å². The highest BCUT2D eigenvalue weighted by molar-refractivity contribution is 8.00. The Labute approximate surface area is 237 Å². The van der Waals surface area contributed by atoms with Gasteiger partial charge < -0.3 is 43.0 Å². The van der Waals surface area contributed by atoms with Crippen LogP contribution in [0.1, 0.15) is 42.4 Å². The second-order valence-electron chi connectivity index (χ2n) is 8.76. The van der Waals surface area contributed by atoms with Gasteiger partial charge in [0.2, 0.25) is 0 Å². The molecule has 2 aliphatic heterocycles. The fraction of sp³-hybridized carbons (Fsp3) is 0.720. The molecule has 0 aromatic heterocycles. The van der Waals surface area contributed by atoms with Crippen molar-refractivity contribution in [2.75, 3.05) is 19.8 Å². The summed E-state index contributed by atoms with van der Waals surface area (Å²) in [4.78, 5) is 59.2. The molecule has 1 N–H and O–H groups in total. The van der Waals surface area contributed by atoms with Gasteiger partial charge in [0.05, 0.1) is 1.37 Å². The molecule has 0 unspecified atom stereocenters. The van der Waals surface area contributed by atoms with Gasteiger partial charge in [-0.2, -0.15) is 0 Å². The Hall–Kier alpha value is -2.90. The smallest absolute Gasteiger partial charge is 0.303 e. The molecule has 0 aliphatic carbocycles. The Morgan fingerprint density at radius 3 is 1.90 bits per heavy atom. The van der Waals surface area contributed by atoms with Crippen molar-refractivity contribution in [1.29, 1.82) is 0 Å². The summed E-state index contributed by atoms with van der Waals surface area (Å²) in [5.74, 6) is -1.47. The van der Waals surface area contributed by atoms with E-state index in [2.05, 4.69) is 5.92 Å². The fourth-order valence-corrected chi connectivity index (χ4v) is 5.47. The van der Waals surface area contributed by atoms with Crippen LogP contribution in [0.4, 0.5) is 0 Å². The van der Waals surface area contributed by atoms with Crippen molar-refractivity contribution in [2.24, 2.45) is 0 Å². The maximum absolute atomic E-state index is 12.1. The van der Waals surface area contributed by atoms with Crippen molar-refractivity contribution in [3.05, 3.63) is 0 Å². The van der Waals surface area contributed by atoms with Crippen LogP contribution in [0, 0.1) is 12.3 Å². The van der Waals surface area contributed by atoms with Crippen LogP contribution in [-0.4, -0.2) is 108 Å². The van der Waals surface area contributed by atoms with Crippen molar-refractivity contribution in [3.8, 4) is 12.3 Å². The number of rotatable bonds is 11. The van der Waals surface area contributed by atoms with Crippen LogP contribution >= 0.6 is 11.8 Å². The van der Waals surface area contributed by atoms with Crippen LogP contribution < -0.4 is 0 Å². The lowest BCUT2D eigenvalue weighted by atomic mass is 9.99. The lowest BCUT2D eigenvalue weighted by Crippen LogP contribution is -2.62. The van der Waals surface area contributed by atoms with E-state index >= 15 is 0 Å². The maximum Gasteiger partial charge on any atom is 0.303 e. The van der Waals surface area contributed by atoms with E-state index in [1.165, 1.54) is 6.92 Å². The summed E-state index contributed by atoms with van der Waals surface area (Å²) in [5.41, 5.74) is -1.22. The van der Waals surface area contributed by atoms with Gasteiger partial charge in [0.15, 0.2) is 24.6 Å². The zero-order valence-corrected chi connectivity index (χ0v) is 23.5. The van der Waals surface area contributed by atoms with Gasteiger partial charge in [0.25, 0.3) is 0 Å². The van der Waals surface area contributed by atoms with Gasteiger partial charge in [-0.15, -0.1) is 18.2 Å². The van der Waals surface area contributed by atoms with E-state index in [-0.39, 0.29) is 19.6 Å². The van der Waals surface area contributed by atoms with E-state index in [0.717, 1.165) is 39.5 Å². The lowest BCUT2D eigenvalue weighted by Gasteiger charge is -2.46. The summed E-state index contributed by atoms with van der Waals surface area (Å²) in [6.45, 7) is 4.59. The predicted molar refractivity (Wildman–Crippen MR) is 134 cm³/mol. The van der Waals surface area contributed by atoms with E-state index in [4.69, 9.17) is 45.7 Å². The second kappa shape index (κ2) is 15.8. The number of aliphatic hydroxyl groups is 1. The molecule has 2 rings (SSSR count). The van der Waals surface area contributed by atoms with Gasteiger partial charge in [0, 0.05) is 39.9 Å². The Balaban J connectivity index is 2.49. The predicted octanol–water partition coefficient (Wildman–Crippen LogP) is -0.140. The molecule has 15 heteroatoms. The molecule has 2 fully saturated rings. The molecule has 0 aromatic carbocycles. The van der Waals surface area contributed by atoms with Crippen molar-refractivity contribution in [3.63, 3.8) is 0 Å². The minimum absolute atomic E-state index is 0.274. The normalized spacial score (nSPS) is 33.9. The molecule has 9 atom stereocenters. The molecule has 0 aromatic rings. The molecule has 2 heterocycles. The number of carbonyl (C=O) groups is 5. The first-order chi connectivity index (χ1) is 19.1. The molecule has 14 nitrogen and oxygen atoms in total. The van der Waals surface area contributed by atoms with Crippen LogP contribution in [0.3, 0.4) is 0 Å². The minimum atomic E-state index is -2.32. The van der Waals surface area contributed by atoms with E-state index in [1.54, 1.807) is 0 Å². The topological polar surface area (TPSA) is 179 Å². The third kappa shape index (κ3) is 10.3. The Morgan fingerprint density at radius 1 is 0.850 bits per heavy atom. The maximum atomic E-state index is 12.1. The fourth-order valence-electron chi connectivity index (χ4n) is 3.97. The van der Waals surface area contributed by atoms with Crippen LogP contribution in [0.2, 0.25) is 0 Å². The van der Waals surface area contributed by atoms with E-state index in [1.807, 2.05) is 0 Å². The largest absolute Gasteiger partial charge is 0.463 e. The van der Waals surface area contributed by atoms with Crippen molar-refractivity contribution < 1.29 is 68.3 Å². The van der Waals surface area contributed by atoms with Crippen LogP contribution in [0.5, 0.6) is 0 Å². The third-order valence-electron chi connectivity index (χ3n) is 5.42. The van der Waals surface area contributed by atoms with Gasteiger partial charge in [-0.1, -0.05) is 5.92 Å². The first kappa shape index (κ1) is 31.6. The molecule has 224 valence electrons. The zero-order chi connectivity index (χ0) is 30.9. The molecule has 0 spiro atoms. The first-order valence-electron chi connectivity index (χ1n) is 12.7. The standard InChI is InChI=1S/C25H34O14S/c1-7-8-32-24-17(31)9-20(18(38-24)10-33-12(2)26)40-25-23(37-16(6)30)22(36-15(5)29)21(35-14(4)28)19(39-25)11-34-13(3)27/h1,17-25,31H,8-11H2,2-6H3/t17-,18-,19-,20+,21+,22+,23-,24+,25+/m1/s1/i17D. The molecule has 0 amide bonds. The number of hydrogen-bond donors (Lipinski definition) is 1. The Morgan fingerprint density at radius 2 is 1.38 bits per heavy atom. The van der Waals surface area contributed by atoms with Crippen LogP contribution in [0.15, 0.2) is 0 Å². The molecule has 0 radical (unpaired) electrons. The Bertz CT molecular complexity index is 1010. The van der Waals surface area contributed by atoms with Crippen molar-refractivity contribution in [2.45, 2.75) is 94.6 Å². The summed E-state index contributed by atoms with van der Waals surface area (Å²) in [7, 11) is 0. The van der Waals surface area contributed by atoms with E-state index < -0.39 is 90.0 Å². The third-order valence-corrected chi connectivity index (χ3v) is 6.89. The van der Waals surface area contributed by atoms with Gasteiger partial charge in [-0.3, -0.25) is 24.0 Å². The lowest BCUT2D eigenvalue weighted by molar-refractivity contribution is -0.242. The number of ether oxygens (including phenoxy) is 8. The van der Waals surface area contributed by atoms with Gasteiger partial charge in [-0.25, -0.2) is 0 Å². The molecule has 2 aliphatic rings. The number of terminal acetylenes is 1. The Kier molecular flexibility index (Phi) is 12.5. The minimum Gasteiger partial charge on any atom is -0.463 e. The second-order valence-corrected chi connectivity index (χ2v) is 10.1. The molecule has 0 bridgehead atoms. The summed E-state index contributed by atoms with van der Waals surface area (Å²) in [6.07, 6.45) is -5.26. The molecular formula is C25H34O14S. The average molecular weight is 592 g/mol. The molecule has 2 saturated heterocycles. The number of carbonyl (C=O) groups excluding carboxylic acids is 5. The summed E-state index contributed by atoms with van der Waals surface area (Å²) in [6, 6.07) is 0. The molecular weight excluding hydrogens is 556 g/mol. The zero-order valence-electron chi connectivity index (χ0n) is 23.7.